The molecule has 0 unspecified atom stereocenters. The van der Waals surface area contributed by atoms with Gasteiger partial charge in [-0.3, -0.25) is 4.79 Å². The molecule has 0 aliphatic heterocycles. The van der Waals surface area contributed by atoms with Crippen molar-refractivity contribution >= 4 is 28.2 Å². The third-order valence-electron chi connectivity index (χ3n) is 4.89. The van der Waals surface area contributed by atoms with Gasteiger partial charge in [0.2, 0.25) is 0 Å². The van der Waals surface area contributed by atoms with Crippen molar-refractivity contribution < 1.29 is 4.79 Å². The molecule has 0 saturated carbocycles. The first-order valence-electron chi connectivity index (χ1n) is 8.20. The van der Waals surface area contributed by atoms with E-state index in [0.717, 1.165) is 44.2 Å². The highest BCUT2D eigenvalue weighted by Crippen LogP contribution is 2.44. The molecule has 0 bridgehead atoms. The molecule has 0 heterocycles. The molecule has 0 radical (unpaired) electrons. The highest BCUT2D eigenvalue weighted by atomic mass is 35.5. The fourth-order valence-corrected chi connectivity index (χ4v) is 3.88. The van der Waals surface area contributed by atoms with E-state index in [2.05, 4.69) is 12.1 Å². The predicted octanol–water partition coefficient (Wildman–Crippen LogP) is 6.37. The number of benzene rings is 4. The van der Waals surface area contributed by atoms with Crippen LogP contribution in [-0.2, 0) is 0 Å². The van der Waals surface area contributed by atoms with Crippen molar-refractivity contribution in [2.45, 2.75) is 0 Å². The molecule has 25 heavy (non-hydrogen) atoms. The van der Waals surface area contributed by atoms with Crippen molar-refractivity contribution in [2.75, 3.05) is 0 Å². The van der Waals surface area contributed by atoms with Crippen LogP contribution in [0.3, 0.4) is 0 Å². The highest BCUT2D eigenvalue weighted by molar-refractivity contribution is 6.31. The average molecular weight is 341 g/mol. The van der Waals surface area contributed by atoms with Gasteiger partial charge in [-0.2, -0.15) is 0 Å². The molecule has 0 spiro atoms. The molecule has 0 amide bonds. The normalized spacial score (nSPS) is 12.3. The van der Waals surface area contributed by atoms with Gasteiger partial charge in [0.05, 0.1) is 0 Å². The van der Waals surface area contributed by atoms with Gasteiger partial charge in [0.25, 0.3) is 0 Å². The summed E-state index contributed by atoms with van der Waals surface area (Å²) >= 11 is 6.02. The van der Waals surface area contributed by atoms with Crippen LogP contribution in [0.25, 0.3) is 33.0 Å². The smallest absolute Gasteiger partial charge is 0.195 e. The van der Waals surface area contributed by atoms with Gasteiger partial charge in [0, 0.05) is 16.1 Å². The summed E-state index contributed by atoms with van der Waals surface area (Å²) in [6, 6.07) is 25.9. The summed E-state index contributed by atoms with van der Waals surface area (Å²) in [5, 5.41) is 2.80. The SMILES string of the molecule is O=C1c2c(-c3ccc(Cl)cc3)cccc2-c2ccc3ccccc3c21. The summed E-state index contributed by atoms with van der Waals surface area (Å²) in [4.78, 5) is 13.3. The number of ketones is 1. The summed E-state index contributed by atoms with van der Waals surface area (Å²) < 4.78 is 0. The lowest BCUT2D eigenvalue weighted by Gasteiger charge is -2.08. The zero-order valence-electron chi connectivity index (χ0n) is 13.3. The van der Waals surface area contributed by atoms with Crippen molar-refractivity contribution in [1.82, 2.24) is 0 Å². The van der Waals surface area contributed by atoms with Crippen LogP contribution in [0, 0.1) is 0 Å². The van der Waals surface area contributed by atoms with Crippen LogP contribution in [0.4, 0.5) is 0 Å². The first kappa shape index (κ1) is 14.4. The fraction of sp³-hybridized carbons (Fsp3) is 0. The Labute approximate surface area is 150 Å². The molecule has 0 atom stereocenters. The van der Waals surface area contributed by atoms with Crippen LogP contribution in [-0.4, -0.2) is 5.78 Å². The van der Waals surface area contributed by atoms with E-state index >= 15 is 0 Å². The Hall–Kier alpha value is -2.90. The number of hydrogen-bond donors (Lipinski definition) is 0. The number of fused-ring (bicyclic) bond motifs is 5. The second-order valence-electron chi connectivity index (χ2n) is 6.27. The Bertz CT molecular complexity index is 1160. The Balaban J connectivity index is 1.81. The van der Waals surface area contributed by atoms with Crippen molar-refractivity contribution in [2.24, 2.45) is 0 Å². The summed E-state index contributed by atoms with van der Waals surface area (Å²) in [6.07, 6.45) is 0. The maximum atomic E-state index is 13.3. The number of halogens is 1. The number of carbonyl (C=O) groups excluding carboxylic acids is 1. The molecule has 4 aromatic rings. The largest absolute Gasteiger partial charge is 0.289 e. The first-order chi connectivity index (χ1) is 12.2. The molecule has 0 N–H and O–H groups in total. The topological polar surface area (TPSA) is 17.1 Å². The first-order valence-corrected chi connectivity index (χ1v) is 8.57. The summed E-state index contributed by atoms with van der Waals surface area (Å²) in [7, 11) is 0. The van der Waals surface area contributed by atoms with Crippen molar-refractivity contribution in [3.05, 3.63) is 95.0 Å². The molecule has 2 heteroatoms. The second kappa shape index (κ2) is 5.30. The Morgan fingerprint density at radius 3 is 2.16 bits per heavy atom. The molecule has 5 rings (SSSR count). The summed E-state index contributed by atoms with van der Waals surface area (Å²) in [5.41, 5.74) is 5.60. The maximum absolute atomic E-state index is 13.3. The van der Waals surface area contributed by atoms with Gasteiger partial charge in [0.1, 0.15) is 0 Å². The summed E-state index contributed by atoms with van der Waals surface area (Å²) in [6.45, 7) is 0. The average Bonchev–Trinajstić information content (AvgIpc) is 2.96. The van der Waals surface area contributed by atoms with E-state index in [-0.39, 0.29) is 5.78 Å². The Morgan fingerprint density at radius 2 is 1.32 bits per heavy atom. The molecule has 0 saturated heterocycles. The zero-order valence-corrected chi connectivity index (χ0v) is 14.0. The molecule has 0 fully saturated rings. The quantitative estimate of drug-likeness (QED) is 0.346. The van der Waals surface area contributed by atoms with Gasteiger partial charge in [-0.25, -0.2) is 0 Å². The van der Waals surface area contributed by atoms with Crippen molar-refractivity contribution in [3.63, 3.8) is 0 Å². The van der Waals surface area contributed by atoms with Gasteiger partial charge in [-0.15, -0.1) is 0 Å². The van der Waals surface area contributed by atoms with Gasteiger partial charge in [0.15, 0.2) is 5.78 Å². The molecular formula is C23H13ClO. The molecule has 4 aromatic carbocycles. The monoisotopic (exact) mass is 340 g/mol. The molecule has 1 aliphatic rings. The lowest BCUT2D eigenvalue weighted by Crippen LogP contribution is -1.99. The molecule has 0 aromatic heterocycles. The third kappa shape index (κ3) is 2.06. The maximum Gasteiger partial charge on any atom is 0.195 e. The minimum absolute atomic E-state index is 0.104. The van der Waals surface area contributed by atoms with E-state index < -0.39 is 0 Å². The fourth-order valence-electron chi connectivity index (χ4n) is 3.76. The minimum atomic E-state index is 0.104. The van der Waals surface area contributed by atoms with E-state index in [9.17, 15) is 4.79 Å². The van der Waals surface area contributed by atoms with Crippen molar-refractivity contribution in [3.8, 4) is 22.3 Å². The van der Waals surface area contributed by atoms with Crippen LogP contribution in [0.2, 0.25) is 5.02 Å². The number of carbonyl (C=O) groups is 1. The number of rotatable bonds is 1. The van der Waals surface area contributed by atoms with Crippen LogP contribution in [0.1, 0.15) is 15.9 Å². The van der Waals surface area contributed by atoms with Crippen LogP contribution in [0.15, 0.2) is 78.9 Å². The Morgan fingerprint density at radius 1 is 0.600 bits per heavy atom. The second-order valence-corrected chi connectivity index (χ2v) is 6.71. The number of hydrogen-bond acceptors (Lipinski definition) is 1. The van der Waals surface area contributed by atoms with E-state index in [1.165, 1.54) is 0 Å². The zero-order chi connectivity index (χ0) is 17.0. The van der Waals surface area contributed by atoms with Gasteiger partial charge >= 0.3 is 0 Å². The Kier molecular flexibility index (Phi) is 3.06. The van der Waals surface area contributed by atoms with E-state index in [1.807, 2.05) is 66.7 Å². The van der Waals surface area contributed by atoms with E-state index in [4.69, 9.17) is 11.6 Å². The van der Waals surface area contributed by atoms with E-state index in [0.29, 0.717) is 5.02 Å². The summed E-state index contributed by atoms with van der Waals surface area (Å²) in [5.74, 6) is 0.104. The molecule has 1 aliphatic carbocycles. The van der Waals surface area contributed by atoms with Crippen molar-refractivity contribution in [1.29, 1.82) is 0 Å². The molecule has 1 nitrogen and oxygen atoms in total. The standard InChI is InChI=1S/C23H13ClO/c24-16-11-8-15(9-12-16)18-6-3-7-19-20-13-10-14-4-1-2-5-17(14)22(20)23(25)21(18)19/h1-13H. The highest BCUT2D eigenvalue weighted by Gasteiger charge is 2.30. The third-order valence-corrected chi connectivity index (χ3v) is 5.14. The predicted molar refractivity (Wildman–Crippen MR) is 103 cm³/mol. The molecule has 118 valence electrons. The van der Waals surface area contributed by atoms with Gasteiger partial charge in [-0.05, 0) is 45.2 Å². The lowest BCUT2D eigenvalue weighted by molar-refractivity contribution is 0.104. The van der Waals surface area contributed by atoms with Crippen LogP contribution >= 0.6 is 11.6 Å². The lowest BCUT2D eigenvalue weighted by atomic mass is 9.95. The molecular weight excluding hydrogens is 328 g/mol. The van der Waals surface area contributed by atoms with Crippen LogP contribution in [0.5, 0.6) is 0 Å². The van der Waals surface area contributed by atoms with E-state index in [1.54, 1.807) is 0 Å². The van der Waals surface area contributed by atoms with Crippen LogP contribution < -0.4 is 0 Å². The van der Waals surface area contributed by atoms with Gasteiger partial charge < -0.3 is 0 Å². The minimum Gasteiger partial charge on any atom is -0.289 e. The van der Waals surface area contributed by atoms with Gasteiger partial charge in [-0.1, -0.05) is 78.3 Å².